The van der Waals surface area contributed by atoms with Crippen LogP contribution in [0.5, 0.6) is 0 Å². The summed E-state index contributed by atoms with van der Waals surface area (Å²) in [5, 5.41) is 13.9. The van der Waals surface area contributed by atoms with Crippen LogP contribution in [0.4, 0.5) is 4.39 Å². The van der Waals surface area contributed by atoms with E-state index < -0.39 is 6.10 Å². The Hall–Kier alpha value is -0.930. The molecule has 2 bridgehead atoms. The van der Waals surface area contributed by atoms with Gasteiger partial charge in [-0.2, -0.15) is 0 Å². The fourth-order valence-corrected chi connectivity index (χ4v) is 4.84. The number of aliphatic hydroxyl groups is 1. The summed E-state index contributed by atoms with van der Waals surface area (Å²) in [5.41, 5.74) is 1.42. The molecule has 3 heteroatoms. The van der Waals surface area contributed by atoms with Crippen molar-refractivity contribution in [1.82, 2.24) is 5.32 Å². The molecule has 116 valence electrons. The first-order valence-electron chi connectivity index (χ1n) is 8.00. The van der Waals surface area contributed by atoms with Crippen LogP contribution in [0, 0.1) is 22.6 Å². The Morgan fingerprint density at radius 3 is 2.52 bits per heavy atom. The molecule has 0 aliphatic heterocycles. The summed E-state index contributed by atoms with van der Waals surface area (Å²) < 4.78 is 12.9. The number of rotatable bonds is 4. The van der Waals surface area contributed by atoms with Crippen molar-refractivity contribution in [3.8, 4) is 0 Å². The van der Waals surface area contributed by atoms with E-state index in [0.717, 1.165) is 11.5 Å². The normalized spacial score (nSPS) is 35.1. The maximum Gasteiger partial charge on any atom is 0.123 e. The molecule has 0 spiro atoms. The van der Waals surface area contributed by atoms with E-state index >= 15 is 0 Å². The molecule has 1 aromatic rings. The van der Waals surface area contributed by atoms with Gasteiger partial charge in [-0.15, -0.1) is 0 Å². The van der Waals surface area contributed by atoms with Gasteiger partial charge in [-0.05, 0) is 53.7 Å². The topological polar surface area (TPSA) is 32.3 Å². The monoisotopic (exact) mass is 291 g/mol. The molecule has 0 heterocycles. The Morgan fingerprint density at radius 1 is 1.29 bits per heavy atom. The molecule has 2 saturated carbocycles. The van der Waals surface area contributed by atoms with Crippen molar-refractivity contribution in [2.24, 2.45) is 16.7 Å². The minimum Gasteiger partial charge on any atom is -0.387 e. The number of halogens is 1. The van der Waals surface area contributed by atoms with E-state index in [4.69, 9.17) is 0 Å². The fourth-order valence-electron chi connectivity index (χ4n) is 4.84. The molecule has 0 saturated heterocycles. The minimum absolute atomic E-state index is 0.263. The van der Waals surface area contributed by atoms with Crippen molar-refractivity contribution in [3.05, 3.63) is 35.6 Å². The summed E-state index contributed by atoms with van der Waals surface area (Å²) in [5.74, 6) is 0.531. The third-order valence-corrected chi connectivity index (χ3v) is 6.04. The van der Waals surface area contributed by atoms with Crippen molar-refractivity contribution < 1.29 is 9.50 Å². The lowest BCUT2D eigenvalue weighted by atomic mass is 9.68. The Morgan fingerprint density at radius 2 is 1.95 bits per heavy atom. The van der Waals surface area contributed by atoms with Crippen LogP contribution in [-0.2, 0) is 0 Å². The third-order valence-electron chi connectivity index (χ3n) is 6.04. The van der Waals surface area contributed by atoms with Gasteiger partial charge in [0, 0.05) is 12.6 Å². The average molecular weight is 291 g/mol. The number of fused-ring (bicyclic) bond motifs is 2. The van der Waals surface area contributed by atoms with Crippen molar-refractivity contribution in [1.29, 1.82) is 0 Å². The van der Waals surface area contributed by atoms with Crippen LogP contribution < -0.4 is 5.32 Å². The van der Waals surface area contributed by atoms with Gasteiger partial charge in [-0.1, -0.05) is 32.9 Å². The lowest BCUT2D eigenvalue weighted by Gasteiger charge is -2.43. The van der Waals surface area contributed by atoms with Crippen molar-refractivity contribution >= 4 is 0 Å². The Balaban J connectivity index is 1.66. The van der Waals surface area contributed by atoms with Crippen molar-refractivity contribution in [2.45, 2.75) is 52.2 Å². The highest BCUT2D eigenvalue weighted by Crippen LogP contribution is 2.62. The van der Waals surface area contributed by atoms with Crippen LogP contribution in [0.1, 0.15) is 51.7 Å². The average Bonchev–Trinajstić information content (AvgIpc) is 2.90. The Bertz CT molecular complexity index is 508. The molecule has 2 fully saturated rings. The molecule has 3 rings (SSSR count). The quantitative estimate of drug-likeness (QED) is 0.887. The molecule has 2 nitrogen and oxygen atoms in total. The maximum absolute atomic E-state index is 12.9. The van der Waals surface area contributed by atoms with Gasteiger partial charge in [0.2, 0.25) is 0 Å². The van der Waals surface area contributed by atoms with Gasteiger partial charge in [-0.3, -0.25) is 0 Å². The van der Waals surface area contributed by atoms with Crippen LogP contribution in [0.15, 0.2) is 24.3 Å². The van der Waals surface area contributed by atoms with Gasteiger partial charge in [0.15, 0.2) is 0 Å². The summed E-state index contributed by atoms with van der Waals surface area (Å²) in [4.78, 5) is 0. The number of hydrogen-bond acceptors (Lipinski definition) is 2. The molecule has 0 aromatic heterocycles. The molecular formula is C18H26FNO. The molecule has 4 unspecified atom stereocenters. The SMILES string of the molecule is CC12CCC(C1)C(C)(C)C2NCC(O)c1ccc(F)cc1. The van der Waals surface area contributed by atoms with Gasteiger partial charge in [-0.25, -0.2) is 4.39 Å². The number of hydrogen-bond donors (Lipinski definition) is 2. The van der Waals surface area contributed by atoms with E-state index in [9.17, 15) is 9.50 Å². The van der Waals surface area contributed by atoms with Gasteiger partial charge in [0.05, 0.1) is 6.10 Å². The number of benzene rings is 1. The smallest absolute Gasteiger partial charge is 0.123 e. The second-order valence-corrected chi connectivity index (χ2v) is 7.82. The van der Waals surface area contributed by atoms with E-state index in [-0.39, 0.29) is 11.2 Å². The van der Waals surface area contributed by atoms with Crippen molar-refractivity contribution in [2.75, 3.05) is 6.54 Å². The van der Waals surface area contributed by atoms with Crippen LogP contribution in [-0.4, -0.2) is 17.7 Å². The molecule has 0 amide bonds. The molecular weight excluding hydrogens is 265 g/mol. The van der Waals surface area contributed by atoms with Crippen LogP contribution in [0.25, 0.3) is 0 Å². The predicted octanol–water partition coefficient (Wildman–Crippen LogP) is 3.66. The van der Waals surface area contributed by atoms with Gasteiger partial charge >= 0.3 is 0 Å². The van der Waals surface area contributed by atoms with E-state index in [2.05, 4.69) is 26.1 Å². The van der Waals surface area contributed by atoms with Gasteiger partial charge < -0.3 is 10.4 Å². The zero-order valence-corrected chi connectivity index (χ0v) is 13.2. The van der Waals surface area contributed by atoms with Crippen LogP contribution in [0.2, 0.25) is 0 Å². The largest absolute Gasteiger partial charge is 0.387 e. The summed E-state index contributed by atoms with van der Waals surface area (Å²) in [6.07, 6.45) is 3.34. The summed E-state index contributed by atoms with van der Waals surface area (Å²) in [6, 6.07) is 6.58. The first-order chi connectivity index (χ1) is 9.83. The number of aliphatic hydroxyl groups excluding tert-OH is 1. The highest BCUT2D eigenvalue weighted by molar-refractivity contribution is 5.19. The number of nitrogens with one attached hydrogen (secondary N) is 1. The highest BCUT2D eigenvalue weighted by atomic mass is 19.1. The zero-order valence-electron chi connectivity index (χ0n) is 13.2. The molecule has 2 aliphatic rings. The van der Waals surface area contributed by atoms with Crippen molar-refractivity contribution in [3.63, 3.8) is 0 Å². The standard InChI is InChI=1S/C18H26FNO/c1-17(2)13-8-9-18(3,10-13)16(17)20-11-15(21)12-4-6-14(19)7-5-12/h4-7,13,15-16,20-21H,8-11H2,1-3H3. The fraction of sp³-hybridized carbons (Fsp3) is 0.667. The summed E-state index contributed by atoms with van der Waals surface area (Å²) in [7, 11) is 0. The highest BCUT2D eigenvalue weighted by Gasteiger charge is 2.58. The summed E-state index contributed by atoms with van der Waals surface area (Å²) >= 11 is 0. The van der Waals surface area contributed by atoms with Gasteiger partial charge in [0.25, 0.3) is 0 Å². The van der Waals surface area contributed by atoms with E-state index in [0.29, 0.717) is 18.0 Å². The molecule has 2 N–H and O–H groups in total. The molecule has 4 atom stereocenters. The van der Waals surface area contributed by atoms with Crippen LogP contribution in [0.3, 0.4) is 0 Å². The zero-order chi connectivity index (χ0) is 15.3. The summed E-state index contributed by atoms with van der Waals surface area (Å²) in [6.45, 7) is 7.61. The van der Waals surface area contributed by atoms with Crippen LogP contribution >= 0.6 is 0 Å². The van der Waals surface area contributed by atoms with E-state index in [1.54, 1.807) is 12.1 Å². The second kappa shape index (κ2) is 5.06. The third kappa shape index (κ3) is 2.51. The molecule has 2 aliphatic carbocycles. The molecule has 0 radical (unpaired) electrons. The second-order valence-electron chi connectivity index (χ2n) is 7.82. The van der Waals surface area contributed by atoms with E-state index in [1.807, 2.05) is 0 Å². The Labute approximate surface area is 126 Å². The maximum atomic E-state index is 12.9. The first kappa shape index (κ1) is 15.0. The molecule has 1 aromatic carbocycles. The van der Waals surface area contributed by atoms with E-state index in [1.165, 1.54) is 31.4 Å². The predicted molar refractivity (Wildman–Crippen MR) is 82.4 cm³/mol. The minimum atomic E-state index is -0.580. The van der Waals surface area contributed by atoms with Gasteiger partial charge in [0.1, 0.15) is 5.82 Å². The first-order valence-corrected chi connectivity index (χ1v) is 8.00. The lowest BCUT2D eigenvalue weighted by molar-refractivity contribution is 0.0879. The molecule has 21 heavy (non-hydrogen) atoms. The Kier molecular flexibility index (Phi) is 3.61. The lowest BCUT2D eigenvalue weighted by Crippen LogP contribution is -2.51.